The van der Waals surface area contributed by atoms with Crippen LogP contribution in [0.1, 0.15) is 32.1 Å². The highest BCUT2D eigenvalue weighted by Gasteiger charge is 2.43. The van der Waals surface area contributed by atoms with Gasteiger partial charge in [0, 0.05) is 19.0 Å². The molecule has 0 radical (unpaired) electrons. The van der Waals surface area contributed by atoms with Gasteiger partial charge in [0.15, 0.2) is 0 Å². The van der Waals surface area contributed by atoms with E-state index in [9.17, 15) is 14.3 Å². The zero-order valence-corrected chi connectivity index (χ0v) is 11.9. The molecule has 1 aliphatic carbocycles. The Morgan fingerprint density at radius 1 is 1.43 bits per heavy atom. The minimum absolute atomic E-state index is 0.159. The van der Waals surface area contributed by atoms with Gasteiger partial charge in [-0.05, 0) is 31.4 Å². The zero-order chi connectivity index (χ0) is 14.9. The molecule has 6 heteroatoms. The van der Waals surface area contributed by atoms with Gasteiger partial charge in [-0.2, -0.15) is 0 Å². The van der Waals surface area contributed by atoms with Crippen LogP contribution in [0.15, 0.2) is 18.3 Å². The molecule has 2 amide bonds. The van der Waals surface area contributed by atoms with E-state index in [4.69, 9.17) is 0 Å². The molecule has 1 aromatic heterocycles. The van der Waals surface area contributed by atoms with E-state index in [0.717, 1.165) is 31.9 Å². The first kappa shape index (κ1) is 14.3. The molecule has 2 N–H and O–H groups in total. The highest BCUT2D eigenvalue weighted by molar-refractivity contribution is 5.88. The lowest BCUT2D eigenvalue weighted by Gasteiger charge is -2.47. The Balaban J connectivity index is 1.62. The summed E-state index contributed by atoms with van der Waals surface area (Å²) in [4.78, 5) is 17.8. The van der Waals surface area contributed by atoms with Gasteiger partial charge in [-0.25, -0.2) is 14.2 Å². The predicted molar refractivity (Wildman–Crippen MR) is 76.3 cm³/mol. The van der Waals surface area contributed by atoms with Crippen molar-refractivity contribution in [1.82, 2.24) is 9.88 Å². The molecular weight excluding hydrogens is 273 g/mol. The van der Waals surface area contributed by atoms with E-state index in [2.05, 4.69) is 10.3 Å². The second kappa shape index (κ2) is 5.60. The number of carbonyl (C=O) groups excluding carboxylic acids is 1. The molecule has 2 fully saturated rings. The number of halogens is 1. The molecule has 0 aromatic carbocycles. The highest BCUT2D eigenvalue weighted by Crippen LogP contribution is 2.39. The Morgan fingerprint density at radius 3 is 3.05 bits per heavy atom. The van der Waals surface area contributed by atoms with Gasteiger partial charge in [0.25, 0.3) is 0 Å². The molecule has 21 heavy (non-hydrogen) atoms. The third-order valence-electron chi connectivity index (χ3n) is 4.68. The lowest BCUT2D eigenvalue weighted by Crippen LogP contribution is -2.55. The van der Waals surface area contributed by atoms with Crippen LogP contribution in [0.4, 0.5) is 15.0 Å². The lowest BCUT2D eigenvalue weighted by molar-refractivity contribution is -0.0863. The van der Waals surface area contributed by atoms with Gasteiger partial charge in [0.1, 0.15) is 11.6 Å². The number of amides is 2. The fourth-order valence-electron chi connectivity index (χ4n) is 3.39. The summed E-state index contributed by atoms with van der Waals surface area (Å²) in [5.74, 6) is 0.0658. The molecule has 0 spiro atoms. The van der Waals surface area contributed by atoms with Crippen LogP contribution in [-0.2, 0) is 0 Å². The highest BCUT2D eigenvalue weighted by atomic mass is 19.1. The molecule has 1 aromatic rings. The second-order valence-electron chi connectivity index (χ2n) is 6.03. The van der Waals surface area contributed by atoms with Crippen molar-refractivity contribution in [1.29, 1.82) is 0 Å². The van der Waals surface area contributed by atoms with Crippen molar-refractivity contribution < 1.29 is 14.3 Å². The number of urea groups is 1. The molecule has 1 saturated heterocycles. The second-order valence-corrected chi connectivity index (χ2v) is 6.03. The number of nitrogens with one attached hydrogen (secondary N) is 1. The first-order valence-corrected chi connectivity index (χ1v) is 7.47. The topological polar surface area (TPSA) is 65.5 Å². The summed E-state index contributed by atoms with van der Waals surface area (Å²) in [7, 11) is 0. The van der Waals surface area contributed by atoms with Crippen molar-refractivity contribution in [3.05, 3.63) is 24.1 Å². The maximum Gasteiger partial charge on any atom is 0.323 e. The molecule has 1 saturated carbocycles. The number of rotatable bonds is 1. The number of aromatic nitrogens is 1. The monoisotopic (exact) mass is 293 g/mol. The van der Waals surface area contributed by atoms with E-state index in [1.807, 2.05) is 0 Å². The Morgan fingerprint density at radius 2 is 2.29 bits per heavy atom. The van der Waals surface area contributed by atoms with Gasteiger partial charge in [0.2, 0.25) is 0 Å². The number of hydrogen-bond donors (Lipinski definition) is 2. The van der Waals surface area contributed by atoms with Gasteiger partial charge < -0.3 is 10.0 Å². The van der Waals surface area contributed by atoms with Crippen LogP contribution in [0.3, 0.4) is 0 Å². The predicted octanol–water partition coefficient (Wildman–Crippen LogP) is 2.38. The molecule has 2 aliphatic rings. The van der Waals surface area contributed by atoms with Crippen molar-refractivity contribution in [2.75, 3.05) is 18.4 Å². The molecule has 3 rings (SSSR count). The Bertz CT molecular complexity index is 522. The summed E-state index contributed by atoms with van der Waals surface area (Å²) in [6.07, 6.45) is 5.69. The van der Waals surface area contributed by atoms with E-state index >= 15 is 0 Å². The number of hydrogen-bond acceptors (Lipinski definition) is 3. The lowest BCUT2D eigenvalue weighted by atomic mass is 9.71. The van der Waals surface area contributed by atoms with E-state index in [-0.39, 0.29) is 11.9 Å². The molecule has 0 unspecified atom stereocenters. The molecule has 2 atom stereocenters. The van der Waals surface area contributed by atoms with Gasteiger partial charge in [-0.3, -0.25) is 5.32 Å². The fourth-order valence-corrected chi connectivity index (χ4v) is 3.39. The third-order valence-corrected chi connectivity index (χ3v) is 4.68. The van der Waals surface area contributed by atoms with Crippen molar-refractivity contribution in [3.8, 4) is 0 Å². The molecular formula is C15H20FN3O2. The van der Waals surface area contributed by atoms with E-state index < -0.39 is 11.4 Å². The summed E-state index contributed by atoms with van der Waals surface area (Å²) in [6.45, 7) is 1.11. The van der Waals surface area contributed by atoms with Gasteiger partial charge in [-0.1, -0.05) is 12.8 Å². The van der Waals surface area contributed by atoms with Crippen molar-refractivity contribution in [3.63, 3.8) is 0 Å². The Hall–Kier alpha value is -1.69. The number of pyridine rings is 1. The smallest absolute Gasteiger partial charge is 0.323 e. The SMILES string of the molecule is O=C(Nc1ccc(F)cn1)N1CC[C@]2(O)CCCC[C@@H]2C1. The van der Waals surface area contributed by atoms with Crippen molar-refractivity contribution in [2.24, 2.45) is 5.92 Å². The molecule has 5 nitrogen and oxygen atoms in total. The number of aliphatic hydroxyl groups is 1. The quantitative estimate of drug-likeness (QED) is 0.835. The summed E-state index contributed by atoms with van der Waals surface area (Å²) in [6, 6.07) is 2.47. The maximum atomic E-state index is 12.8. The average molecular weight is 293 g/mol. The van der Waals surface area contributed by atoms with Crippen LogP contribution in [0.25, 0.3) is 0 Å². The van der Waals surface area contributed by atoms with Gasteiger partial charge in [0.05, 0.1) is 11.8 Å². The molecule has 1 aliphatic heterocycles. The van der Waals surface area contributed by atoms with Crippen molar-refractivity contribution in [2.45, 2.75) is 37.7 Å². The first-order chi connectivity index (χ1) is 10.1. The normalized spacial score (nSPS) is 28.9. The third kappa shape index (κ3) is 3.00. The largest absolute Gasteiger partial charge is 0.389 e. The number of carbonyl (C=O) groups is 1. The van der Waals surface area contributed by atoms with E-state index in [1.54, 1.807) is 4.90 Å². The number of nitrogens with zero attached hydrogens (tertiary/aromatic N) is 2. The minimum atomic E-state index is -0.594. The number of piperidine rings is 1. The Labute approximate surface area is 123 Å². The Kier molecular flexibility index (Phi) is 3.80. The molecule has 0 bridgehead atoms. The molecule has 2 heterocycles. The fraction of sp³-hybridized carbons (Fsp3) is 0.600. The summed E-state index contributed by atoms with van der Waals surface area (Å²) < 4.78 is 12.8. The average Bonchev–Trinajstić information content (AvgIpc) is 2.48. The zero-order valence-electron chi connectivity index (χ0n) is 11.9. The number of fused-ring (bicyclic) bond motifs is 1. The molecule has 114 valence electrons. The van der Waals surface area contributed by atoms with Crippen LogP contribution in [0, 0.1) is 11.7 Å². The van der Waals surface area contributed by atoms with E-state index in [1.165, 1.54) is 12.1 Å². The minimum Gasteiger partial charge on any atom is -0.389 e. The summed E-state index contributed by atoms with van der Waals surface area (Å²) in [5, 5.41) is 13.3. The van der Waals surface area contributed by atoms with Crippen LogP contribution < -0.4 is 5.32 Å². The number of likely N-dealkylation sites (tertiary alicyclic amines) is 1. The van der Waals surface area contributed by atoms with Crippen LogP contribution >= 0.6 is 0 Å². The van der Waals surface area contributed by atoms with Crippen LogP contribution in [0.5, 0.6) is 0 Å². The van der Waals surface area contributed by atoms with Crippen LogP contribution in [0.2, 0.25) is 0 Å². The standard InChI is InChI=1S/C15H20FN3O2/c16-12-4-5-13(17-9-12)18-14(20)19-8-7-15(21)6-2-1-3-11(15)10-19/h4-5,9,11,21H,1-3,6-8,10H2,(H,17,18,20)/t11-,15-/m1/s1. The van der Waals surface area contributed by atoms with E-state index in [0.29, 0.717) is 25.3 Å². The van der Waals surface area contributed by atoms with Crippen LogP contribution in [-0.4, -0.2) is 39.7 Å². The maximum absolute atomic E-state index is 12.8. The number of anilines is 1. The van der Waals surface area contributed by atoms with Gasteiger partial charge in [-0.15, -0.1) is 0 Å². The summed E-state index contributed by atoms with van der Waals surface area (Å²) in [5.41, 5.74) is -0.594. The summed E-state index contributed by atoms with van der Waals surface area (Å²) >= 11 is 0. The van der Waals surface area contributed by atoms with Gasteiger partial charge >= 0.3 is 6.03 Å². The first-order valence-electron chi connectivity index (χ1n) is 7.47. The van der Waals surface area contributed by atoms with Crippen molar-refractivity contribution >= 4 is 11.8 Å².